The van der Waals surface area contributed by atoms with E-state index in [9.17, 15) is 4.79 Å². The van der Waals surface area contributed by atoms with Crippen molar-refractivity contribution in [1.29, 1.82) is 0 Å². The third-order valence-corrected chi connectivity index (χ3v) is 4.71. The second-order valence-electron chi connectivity index (χ2n) is 6.39. The van der Waals surface area contributed by atoms with Crippen LogP contribution in [-0.2, 0) is 11.2 Å². The molecule has 1 saturated carbocycles. The Kier molecular flexibility index (Phi) is 5.85. The summed E-state index contributed by atoms with van der Waals surface area (Å²) >= 11 is 0. The van der Waals surface area contributed by atoms with Crippen molar-refractivity contribution in [1.82, 2.24) is 5.32 Å². The van der Waals surface area contributed by atoms with Crippen molar-refractivity contribution in [3.63, 3.8) is 0 Å². The Morgan fingerprint density at radius 2 is 2.10 bits per heavy atom. The van der Waals surface area contributed by atoms with Gasteiger partial charge < -0.3 is 15.5 Å². The lowest BCUT2D eigenvalue weighted by atomic mass is 9.79. The minimum Gasteiger partial charge on any atom is -0.469 e. The molecule has 21 heavy (non-hydrogen) atoms. The third kappa shape index (κ3) is 4.34. The molecule has 118 valence electrons. The number of nitrogens with two attached hydrogens (primary N) is 1. The maximum Gasteiger partial charge on any atom is 0.227 e. The van der Waals surface area contributed by atoms with E-state index in [1.54, 1.807) is 6.26 Å². The van der Waals surface area contributed by atoms with Crippen LogP contribution in [0.2, 0.25) is 0 Å². The zero-order valence-corrected chi connectivity index (χ0v) is 13.1. The number of hydrogen-bond donors (Lipinski definition) is 2. The molecule has 4 nitrogen and oxygen atoms in total. The Morgan fingerprint density at radius 3 is 2.67 bits per heavy atom. The molecule has 1 aliphatic carbocycles. The second kappa shape index (κ2) is 7.64. The first-order valence-electron chi connectivity index (χ1n) is 8.20. The van der Waals surface area contributed by atoms with E-state index in [2.05, 4.69) is 12.2 Å². The molecule has 2 rings (SSSR count). The number of rotatable bonds is 6. The van der Waals surface area contributed by atoms with Gasteiger partial charge in [0, 0.05) is 19.0 Å². The van der Waals surface area contributed by atoms with Crippen LogP contribution in [0.25, 0.3) is 0 Å². The van der Waals surface area contributed by atoms with Gasteiger partial charge in [-0.05, 0) is 38.3 Å². The lowest BCUT2D eigenvalue weighted by Gasteiger charge is -2.31. The summed E-state index contributed by atoms with van der Waals surface area (Å²) in [5.74, 6) is 1.12. The van der Waals surface area contributed by atoms with Crippen LogP contribution >= 0.6 is 0 Å². The summed E-state index contributed by atoms with van der Waals surface area (Å²) in [4.78, 5) is 12.7. The van der Waals surface area contributed by atoms with Crippen LogP contribution in [-0.4, -0.2) is 18.5 Å². The Morgan fingerprint density at radius 1 is 1.38 bits per heavy atom. The molecular formula is C17H28N2O2. The number of furan rings is 1. The van der Waals surface area contributed by atoms with Crippen LogP contribution in [0.15, 0.2) is 22.8 Å². The highest BCUT2D eigenvalue weighted by Crippen LogP contribution is 2.34. The molecule has 3 N–H and O–H groups in total. The van der Waals surface area contributed by atoms with Crippen molar-refractivity contribution in [3.8, 4) is 0 Å². The van der Waals surface area contributed by atoms with Crippen molar-refractivity contribution in [2.24, 2.45) is 11.1 Å². The van der Waals surface area contributed by atoms with Gasteiger partial charge in [0.15, 0.2) is 0 Å². The minimum absolute atomic E-state index is 0.147. The van der Waals surface area contributed by atoms with Crippen LogP contribution in [0.5, 0.6) is 0 Å². The van der Waals surface area contributed by atoms with E-state index in [0.29, 0.717) is 6.54 Å². The SMILES string of the molecule is CC(CCc1ccco1)NC(=O)C1(CN)CCCCCC1. The molecule has 1 heterocycles. The maximum absolute atomic E-state index is 12.7. The predicted octanol–water partition coefficient (Wildman–Crippen LogP) is 3.02. The first kappa shape index (κ1) is 16.1. The smallest absolute Gasteiger partial charge is 0.227 e. The molecule has 1 aliphatic rings. The molecule has 1 amide bonds. The Labute approximate surface area is 127 Å². The average Bonchev–Trinajstić information content (AvgIpc) is 2.88. The molecule has 0 spiro atoms. The molecule has 4 heteroatoms. The van der Waals surface area contributed by atoms with Gasteiger partial charge in [0.1, 0.15) is 5.76 Å². The summed E-state index contributed by atoms with van der Waals surface area (Å²) in [6, 6.07) is 4.02. The molecule has 0 bridgehead atoms. The Bertz CT molecular complexity index is 420. The van der Waals surface area contributed by atoms with Crippen molar-refractivity contribution >= 4 is 5.91 Å². The quantitative estimate of drug-likeness (QED) is 0.792. The van der Waals surface area contributed by atoms with Crippen molar-refractivity contribution in [2.45, 2.75) is 64.3 Å². The van der Waals surface area contributed by atoms with Crippen LogP contribution < -0.4 is 11.1 Å². The van der Waals surface area contributed by atoms with Crippen LogP contribution in [0.1, 0.15) is 57.6 Å². The van der Waals surface area contributed by atoms with Gasteiger partial charge in [-0.15, -0.1) is 0 Å². The molecule has 0 radical (unpaired) electrons. The van der Waals surface area contributed by atoms with E-state index in [0.717, 1.165) is 44.3 Å². The molecule has 0 aliphatic heterocycles. The van der Waals surface area contributed by atoms with Crippen molar-refractivity contribution in [2.75, 3.05) is 6.54 Å². The first-order valence-corrected chi connectivity index (χ1v) is 8.20. The number of hydrogen-bond acceptors (Lipinski definition) is 3. The third-order valence-electron chi connectivity index (χ3n) is 4.71. The first-order chi connectivity index (χ1) is 10.2. The molecule has 1 aromatic rings. The van der Waals surface area contributed by atoms with Crippen LogP contribution in [0, 0.1) is 5.41 Å². The Hall–Kier alpha value is -1.29. The van der Waals surface area contributed by atoms with E-state index in [1.165, 1.54) is 12.8 Å². The van der Waals surface area contributed by atoms with E-state index < -0.39 is 0 Å². The summed E-state index contributed by atoms with van der Waals surface area (Å²) in [6.07, 6.45) is 9.97. The number of carbonyl (C=O) groups excluding carboxylic acids is 1. The molecule has 1 unspecified atom stereocenters. The fraction of sp³-hybridized carbons (Fsp3) is 0.706. The van der Waals surface area contributed by atoms with E-state index >= 15 is 0 Å². The fourth-order valence-corrected chi connectivity index (χ4v) is 3.19. The van der Waals surface area contributed by atoms with Gasteiger partial charge in [0.05, 0.1) is 11.7 Å². The second-order valence-corrected chi connectivity index (χ2v) is 6.39. The lowest BCUT2D eigenvalue weighted by Crippen LogP contribution is -2.48. The standard InChI is InChI=1S/C17H28N2O2/c1-14(8-9-15-7-6-12-21-15)19-16(20)17(13-18)10-4-2-3-5-11-17/h6-7,12,14H,2-5,8-11,13,18H2,1H3,(H,19,20). The zero-order chi connectivity index (χ0) is 15.1. The highest BCUT2D eigenvalue weighted by molar-refractivity contribution is 5.83. The van der Waals surface area contributed by atoms with Crippen LogP contribution in [0.3, 0.4) is 0 Å². The number of carbonyl (C=O) groups is 1. The Balaban J connectivity index is 1.85. The van der Waals surface area contributed by atoms with Gasteiger partial charge in [-0.25, -0.2) is 0 Å². The van der Waals surface area contributed by atoms with Gasteiger partial charge >= 0.3 is 0 Å². The molecule has 1 atom stereocenters. The van der Waals surface area contributed by atoms with Crippen molar-refractivity contribution in [3.05, 3.63) is 24.2 Å². The van der Waals surface area contributed by atoms with Gasteiger partial charge in [-0.1, -0.05) is 25.7 Å². The number of amides is 1. The molecule has 0 aromatic carbocycles. The summed E-state index contributed by atoms with van der Waals surface area (Å²) < 4.78 is 5.33. The fourth-order valence-electron chi connectivity index (χ4n) is 3.19. The number of aryl methyl sites for hydroxylation is 1. The van der Waals surface area contributed by atoms with E-state index in [4.69, 9.17) is 10.2 Å². The van der Waals surface area contributed by atoms with Gasteiger partial charge in [-0.3, -0.25) is 4.79 Å². The molecule has 1 fully saturated rings. The largest absolute Gasteiger partial charge is 0.469 e. The van der Waals surface area contributed by atoms with Crippen molar-refractivity contribution < 1.29 is 9.21 Å². The van der Waals surface area contributed by atoms with Gasteiger partial charge in [0.2, 0.25) is 5.91 Å². The monoisotopic (exact) mass is 292 g/mol. The highest BCUT2D eigenvalue weighted by Gasteiger charge is 2.37. The average molecular weight is 292 g/mol. The number of nitrogens with one attached hydrogen (secondary N) is 1. The van der Waals surface area contributed by atoms with E-state index in [1.807, 2.05) is 12.1 Å². The lowest BCUT2D eigenvalue weighted by molar-refractivity contribution is -0.132. The molecule has 1 aromatic heterocycles. The van der Waals surface area contributed by atoms with Crippen LogP contribution in [0.4, 0.5) is 0 Å². The predicted molar refractivity (Wildman–Crippen MR) is 83.8 cm³/mol. The highest BCUT2D eigenvalue weighted by atomic mass is 16.3. The zero-order valence-electron chi connectivity index (χ0n) is 13.1. The maximum atomic E-state index is 12.7. The minimum atomic E-state index is -0.338. The molecular weight excluding hydrogens is 264 g/mol. The van der Waals surface area contributed by atoms with Gasteiger partial charge in [-0.2, -0.15) is 0 Å². The molecule has 0 saturated heterocycles. The summed E-state index contributed by atoms with van der Waals surface area (Å²) in [5.41, 5.74) is 5.62. The van der Waals surface area contributed by atoms with E-state index in [-0.39, 0.29) is 17.4 Å². The topological polar surface area (TPSA) is 68.3 Å². The summed E-state index contributed by atoms with van der Waals surface area (Å²) in [5, 5.41) is 3.17. The van der Waals surface area contributed by atoms with Gasteiger partial charge in [0.25, 0.3) is 0 Å². The normalized spacial score (nSPS) is 19.7. The summed E-state index contributed by atoms with van der Waals surface area (Å²) in [7, 11) is 0. The summed E-state index contributed by atoms with van der Waals surface area (Å²) in [6.45, 7) is 2.52.